The summed E-state index contributed by atoms with van der Waals surface area (Å²) in [6.07, 6.45) is 1.21. The molecule has 0 aliphatic heterocycles. The van der Waals surface area contributed by atoms with Crippen molar-refractivity contribution in [1.29, 1.82) is 0 Å². The van der Waals surface area contributed by atoms with Crippen molar-refractivity contribution in [2.75, 3.05) is 0 Å². The lowest BCUT2D eigenvalue weighted by molar-refractivity contribution is 0.653. The van der Waals surface area contributed by atoms with Crippen LogP contribution in [0.15, 0.2) is 65.2 Å². The molecule has 0 saturated heterocycles. The number of furan rings is 1. The summed E-state index contributed by atoms with van der Waals surface area (Å²) < 4.78 is 77.6. The molecule has 0 spiro atoms. The van der Waals surface area contributed by atoms with Crippen LogP contribution in [-0.2, 0) is 0 Å². The van der Waals surface area contributed by atoms with Crippen molar-refractivity contribution in [2.24, 2.45) is 0 Å². The zero-order valence-electron chi connectivity index (χ0n) is 24.6. The number of aromatic nitrogens is 2. The van der Waals surface area contributed by atoms with Crippen LogP contribution in [0.1, 0.15) is 34.7 Å². The fourth-order valence-corrected chi connectivity index (χ4v) is 3.58. The number of para-hydroxylation sites is 1. The topological polar surface area (TPSA) is 38.9 Å². The summed E-state index contributed by atoms with van der Waals surface area (Å²) in [6.45, 7) is -5.98. The van der Waals surface area contributed by atoms with Gasteiger partial charge >= 0.3 is 0 Å². The zero-order chi connectivity index (χ0) is 27.6. The van der Waals surface area contributed by atoms with Gasteiger partial charge in [0, 0.05) is 40.6 Å². The van der Waals surface area contributed by atoms with Gasteiger partial charge in [0.2, 0.25) is 5.71 Å². The van der Waals surface area contributed by atoms with Gasteiger partial charge in [0.05, 0.1) is 5.69 Å². The van der Waals surface area contributed by atoms with Crippen molar-refractivity contribution in [3.05, 3.63) is 83.2 Å². The summed E-state index contributed by atoms with van der Waals surface area (Å²) in [7, 11) is 0. The number of fused-ring (bicyclic) bond motifs is 3. The third kappa shape index (κ3) is 2.90. The highest BCUT2D eigenvalue weighted by Gasteiger charge is 2.15. The van der Waals surface area contributed by atoms with E-state index in [4.69, 9.17) is 16.8 Å². The molecule has 0 amide bonds. The predicted molar refractivity (Wildman–Crippen MR) is 119 cm³/mol. The Morgan fingerprint density at radius 3 is 2.62 bits per heavy atom. The first-order chi connectivity index (χ1) is 17.6. The molecule has 0 atom stereocenters. The van der Waals surface area contributed by atoms with Crippen LogP contribution >= 0.6 is 0 Å². The van der Waals surface area contributed by atoms with Gasteiger partial charge in [-0.1, -0.05) is 35.9 Å². The third-order valence-electron chi connectivity index (χ3n) is 4.99. The van der Waals surface area contributed by atoms with Gasteiger partial charge in [-0.15, -0.1) is 0 Å². The van der Waals surface area contributed by atoms with Crippen molar-refractivity contribution in [1.82, 2.24) is 9.97 Å². The van der Waals surface area contributed by atoms with Gasteiger partial charge in [-0.3, -0.25) is 4.98 Å². The molecule has 29 heavy (non-hydrogen) atoms. The lowest BCUT2D eigenvalue weighted by Gasteiger charge is -2.12. The summed E-state index contributed by atoms with van der Waals surface area (Å²) in [4.78, 5) is 8.87. The molecule has 3 heteroatoms. The average Bonchev–Trinajstić information content (AvgIpc) is 3.19. The Labute approximate surface area is 182 Å². The number of aryl methyl sites for hydroxylation is 4. The van der Waals surface area contributed by atoms with Crippen LogP contribution in [0.5, 0.6) is 0 Å². The summed E-state index contributed by atoms with van der Waals surface area (Å²) in [5.74, 6) is 0. The molecule has 3 nitrogen and oxygen atoms in total. The van der Waals surface area contributed by atoms with Gasteiger partial charge in [0.1, 0.15) is 5.58 Å². The number of hydrogen-bond donors (Lipinski definition) is 0. The van der Waals surface area contributed by atoms with Crippen LogP contribution in [0.3, 0.4) is 0 Å². The standard InChI is InChI=1S/C26H22N2O/c1-15-8-10-19(16(2)12-15)23-13-24(27-14-17(23)3)22-7-5-6-20-21-11-9-18(4)28-26(21)29-25(20)22/h5-14H,1-4H3/i1D3,2D3,3D3. The van der Waals surface area contributed by atoms with E-state index >= 15 is 0 Å². The van der Waals surface area contributed by atoms with Gasteiger partial charge in [-0.25, -0.2) is 4.98 Å². The van der Waals surface area contributed by atoms with Crippen molar-refractivity contribution < 1.29 is 16.8 Å². The Morgan fingerprint density at radius 1 is 0.828 bits per heavy atom. The van der Waals surface area contributed by atoms with E-state index in [1.165, 1.54) is 24.4 Å². The second-order valence-corrected chi connectivity index (χ2v) is 6.97. The van der Waals surface area contributed by atoms with Crippen LogP contribution in [-0.4, -0.2) is 9.97 Å². The lowest BCUT2D eigenvalue weighted by Crippen LogP contribution is -1.92. The Kier molecular flexibility index (Phi) is 2.34. The molecule has 2 aromatic carbocycles. The largest absolute Gasteiger partial charge is 0.437 e. The van der Waals surface area contributed by atoms with Crippen molar-refractivity contribution in [3.63, 3.8) is 0 Å². The van der Waals surface area contributed by atoms with Gasteiger partial charge in [-0.05, 0) is 74.0 Å². The maximum absolute atomic E-state index is 8.07. The monoisotopic (exact) mass is 387 g/mol. The molecule has 142 valence electrons. The first-order valence-electron chi connectivity index (χ1n) is 13.6. The molecule has 0 aliphatic carbocycles. The minimum Gasteiger partial charge on any atom is -0.437 e. The Hall–Kier alpha value is -3.46. The zero-order valence-corrected chi connectivity index (χ0v) is 15.6. The highest BCUT2D eigenvalue weighted by atomic mass is 16.3. The molecule has 0 radical (unpaired) electrons. The van der Waals surface area contributed by atoms with E-state index in [2.05, 4.69) is 9.97 Å². The smallest absolute Gasteiger partial charge is 0.227 e. The molecule has 3 aromatic heterocycles. The molecular weight excluding hydrogens is 356 g/mol. The van der Waals surface area contributed by atoms with E-state index in [-0.39, 0.29) is 27.8 Å². The van der Waals surface area contributed by atoms with Crippen LogP contribution in [0.4, 0.5) is 0 Å². The third-order valence-corrected chi connectivity index (χ3v) is 4.99. The number of hydrogen-bond acceptors (Lipinski definition) is 3. The maximum atomic E-state index is 8.07. The average molecular weight is 388 g/mol. The van der Waals surface area contributed by atoms with E-state index in [0.29, 0.717) is 22.6 Å². The van der Waals surface area contributed by atoms with Gasteiger partial charge in [0.25, 0.3) is 0 Å². The predicted octanol–water partition coefficient (Wildman–Crippen LogP) is 6.94. The highest BCUT2D eigenvalue weighted by Crippen LogP contribution is 2.36. The SMILES string of the molecule is [2H]C([2H])([2H])c1ccc(-c2cc(-c3cccc4c3oc3nc(C)ccc34)ncc2C([2H])([2H])[2H])c(C([2H])([2H])[2H])c1. The maximum Gasteiger partial charge on any atom is 0.227 e. The van der Waals surface area contributed by atoms with Crippen molar-refractivity contribution in [3.8, 4) is 22.4 Å². The molecule has 0 unspecified atom stereocenters. The van der Waals surface area contributed by atoms with E-state index in [9.17, 15) is 0 Å². The molecular formula is C26H22N2O. The molecule has 5 aromatic rings. The van der Waals surface area contributed by atoms with Crippen LogP contribution in [0.25, 0.3) is 44.5 Å². The number of nitrogens with zero attached hydrogens (tertiary/aromatic N) is 2. The minimum atomic E-state index is -2.70. The fourth-order valence-electron chi connectivity index (χ4n) is 3.58. The van der Waals surface area contributed by atoms with Crippen molar-refractivity contribution in [2.45, 2.75) is 27.5 Å². The van der Waals surface area contributed by atoms with E-state index in [1.54, 1.807) is 6.07 Å². The normalized spacial score (nSPS) is 17.3. The summed E-state index contributed by atoms with van der Waals surface area (Å²) in [5.41, 5.74) is 2.37. The van der Waals surface area contributed by atoms with Crippen LogP contribution in [0, 0.1) is 27.5 Å². The second kappa shape index (κ2) is 6.56. The van der Waals surface area contributed by atoms with E-state index in [0.717, 1.165) is 22.5 Å². The Balaban J connectivity index is 1.80. The van der Waals surface area contributed by atoms with E-state index < -0.39 is 20.6 Å². The summed E-state index contributed by atoms with van der Waals surface area (Å²) in [6, 6.07) is 14.6. The van der Waals surface area contributed by atoms with Crippen molar-refractivity contribution >= 4 is 22.1 Å². The van der Waals surface area contributed by atoms with Crippen LogP contribution < -0.4 is 0 Å². The Morgan fingerprint density at radius 2 is 1.76 bits per heavy atom. The molecule has 0 bridgehead atoms. The van der Waals surface area contributed by atoms with Crippen LogP contribution in [0.2, 0.25) is 0 Å². The summed E-state index contributed by atoms with van der Waals surface area (Å²) in [5, 5.41) is 1.62. The number of rotatable bonds is 2. The van der Waals surface area contributed by atoms with Gasteiger partial charge in [0.15, 0.2) is 0 Å². The Bertz CT molecular complexity index is 1700. The first kappa shape index (κ1) is 10.4. The first-order valence-corrected chi connectivity index (χ1v) is 9.10. The molecule has 3 heterocycles. The van der Waals surface area contributed by atoms with Gasteiger partial charge in [-0.2, -0.15) is 0 Å². The highest BCUT2D eigenvalue weighted by molar-refractivity contribution is 6.08. The molecule has 5 rings (SSSR count). The summed E-state index contributed by atoms with van der Waals surface area (Å²) >= 11 is 0. The number of pyridine rings is 2. The fraction of sp³-hybridized carbons (Fsp3) is 0.154. The second-order valence-electron chi connectivity index (χ2n) is 6.97. The molecule has 0 saturated carbocycles. The molecule has 0 aliphatic rings. The molecule has 0 N–H and O–H groups in total. The lowest BCUT2D eigenvalue weighted by atomic mass is 9.94. The quantitative estimate of drug-likeness (QED) is 0.329. The van der Waals surface area contributed by atoms with E-state index in [1.807, 2.05) is 31.2 Å². The minimum absolute atomic E-state index is 0.0989. The molecule has 0 fully saturated rings. The van der Waals surface area contributed by atoms with Gasteiger partial charge < -0.3 is 4.42 Å². The number of benzene rings is 2.